The largest absolute Gasteiger partial charge is 0.507 e. The highest BCUT2D eigenvalue weighted by atomic mass is 16.5. The summed E-state index contributed by atoms with van der Waals surface area (Å²) in [4.78, 5) is 0. The van der Waals surface area contributed by atoms with Crippen molar-refractivity contribution in [3.63, 3.8) is 0 Å². The average molecular weight is 420 g/mol. The summed E-state index contributed by atoms with van der Waals surface area (Å²) in [7, 11) is 0. The third kappa shape index (κ3) is 6.42. The van der Waals surface area contributed by atoms with Crippen LogP contribution in [-0.4, -0.2) is 11.7 Å². The highest BCUT2D eigenvalue weighted by molar-refractivity contribution is 5.61. The SMILES string of the molecule is CCOc1cccc(Nc2cccc(COc3ccc(CCC(C)C)c(O)c3C)c2)c1. The number of benzene rings is 3. The van der Waals surface area contributed by atoms with Crippen molar-refractivity contribution in [2.75, 3.05) is 11.9 Å². The standard InChI is InChI=1S/C27H33NO3/c1-5-30-25-11-7-10-24(17-25)28-23-9-6-8-21(16-23)18-31-26-15-14-22(13-12-19(2)3)27(29)20(26)4/h6-11,14-17,19,28-29H,5,12-13,18H2,1-4H3. The lowest BCUT2D eigenvalue weighted by atomic mass is 10.00. The number of phenols is 1. The molecule has 0 aliphatic heterocycles. The van der Waals surface area contributed by atoms with Crippen molar-refractivity contribution in [3.05, 3.63) is 77.4 Å². The fraction of sp³-hybridized carbons (Fsp3) is 0.333. The minimum Gasteiger partial charge on any atom is -0.507 e. The fourth-order valence-corrected chi connectivity index (χ4v) is 3.44. The number of hydrogen-bond acceptors (Lipinski definition) is 4. The molecule has 0 heterocycles. The van der Waals surface area contributed by atoms with Gasteiger partial charge < -0.3 is 19.9 Å². The van der Waals surface area contributed by atoms with E-state index in [-0.39, 0.29) is 0 Å². The fourth-order valence-electron chi connectivity index (χ4n) is 3.44. The Kier molecular flexibility index (Phi) is 7.82. The van der Waals surface area contributed by atoms with E-state index in [0.717, 1.165) is 46.7 Å². The molecular weight excluding hydrogens is 386 g/mol. The Labute approximate surface area is 185 Å². The summed E-state index contributed by atoms with van der Waals surface area (Å²) in [5.41, 5.74) is 4.79. The number of aryl methyl sites for hydroxylation is 1. The van der Waals surface area contributed by atoms with Gasteiger partial charge in [0.2, 0.25) is 0 Å². The molecule has 4 nitrogen and oxygen atoms in total. The van der Waals surface area contributed by atoms with Gasteiger partial charge in [0.1, 0.15) is 23.9 Å². The first kappa shape index (κ1) is 22.5. The smallest absolute Gasteiger partial charge is 0.126 e. The van der Waals surface area contributed by atoms with E-state index in [1.165, 1.54) is 0 Å². The van der Waals surface area contributed by atoms with Crippen LogP contribution in [0.3, 0.4) is 0 Å². The van der Waals surface area contributed by atoms with Gasteiger partial charge in [-0.15, -0.1) is 0 Å². The van der Waals surface area contributed by atoms with Gasteiger partial charge in [-0.2, -0.15) is 0 Å². The molecule has 164 valence electrons. The minimum absolute atomic E-state index is 0.350. The van der Waals surface area contributed by atoms with Gasteiger partial charge in [-0.05, 0) is 74.1 Å². The molecule has 0 aromatic heterocycles. The number of nitrogens with one attached hydrogen (secondary N) is 1. The Morgan fingerprint density at radius 2 is 1.68 bits per heavy atom. The lowest BCUT2D eigenvalue weighted by Crippen LogP contribution is -2.00. The van der Waals surface area contributed by atoms with Crippen LogP contribution in [0.5, 0.6) is 17.2 Å². The first-order valence-corrected chi connectivity index (χ1v) is 11.0. The molecule has 3 aromatic carbocycles. The van der Waals surface area contributed by atoms with Gasteiger partial charge >= 0.3 is 0 Å². The van der Waals surface area contributed by atoms with Crippen molar-refractivity contribution in [1.29, 1.82) is 0 Å². The minimum atomic E-state index is 0.350. The molecule has 0 saturated heterocycles. The van der Waals surface area contributed by atoms with E-state index >= 15 is 0 Å². The molecule has 0 aliphatic carbocycles. The molecule has 31 heavy (non-hydrogen) atoms. The highest BCUT2D eigenvalue weighted by Crippen LogP contribution is 2.32. The summed E-state index contributed by atoms with van der Waals surface area (Å²) in [5, 5.41) is 14.0. The van der Waals surface area contributed by atoms with Crippen LogP contribution in [0.15, 0.2) is 60.7 Å². The topological polar surface area (TPSA) is 50.7 Å². The molecule has 0 amide bonds. The van der Waals surface area contributed by atoms with Crippen molar-refractivity contribution in [3.8, 4) is 17.2 Å². The molecule has 0 unspecified atom stereocenters. The molecule has 3 aromatic rings. The van der Waals surface area contributed by atoms with E-state index in [1.54, 1.807) is 0 Å². The number of hydrogen-bond donors (Lipinski definition) is 2. The van der Waals surface area contributed by atoms with E-state index in [9.17, 15) is 5.11 Å². The predicted octanol–water partition coefficient (Wildman–Crippen LogP) is 7.01. The second kappa shape index (κ2) is 10.8. The molecule has 2 N–H and O–H groups in total. The average Bonchev–Trinajstić information content (AvgIpc) is 2.75. The van der Waals surface area contributed by atoms with Crippen LogP contribution in [0.4, 0.5) is 11.4 Å². The Hall–Kier alpha value is -3.14. The van der Waals surface area contributed by atoms with Gasteiger partial charge in [-0.1, -0.05) is 38.1 Å². The first-order chi connectivity index (χ1) is 15.0. The summed E-state index contributed by atoms with van der Waals surface area (Å²) in [6.45, 7) is 9.35. The Morgan fingerprint density at radius 3 is 2.42 bits per heavy atom. The van der Waals surface area contributed by atoms with Crippen molar-refractivity contribution < 1.29 is 14.6 Å². The molecule has 0 fully saturated rings. The van der Waals surface area contributed by atoms with Crippen molar-refractivity contribution in [2.45, 2.75) is 47.1 Å². The van der Waals surface area contributed by atoms with Crippen molar-refractivity contribution in [1.82, 2.24) is 0 Å². The van der Waals surface area contributed by atoms with Crippen molar-refractivity contribution in [2.24, 2.45) is 5.92 Å². The molecule has 4 heteroatoms. The lowest BCUT2D eigenvalue weighted by Gasteiger charge is -2.15. The summed E-state index contributed by atoms with van der Waals surface area (Å²) in [6.07, 6.45) is 1.93. The number of rotatable bonds is 10. The molecule has 0 bridgehead atoms. The number of aromatic hydroxyl groups is 1. The van der Waals surface area contributed by atoms with Crippen LogP contribution in [-0.2, 0) is 13.0 Å². The molecule has 0 spiro atoms. The van der Waals surface area contributed by atoms with Crippen LogP contribution < -0.4 is 14.8 Å². The molecule has 0 radical (unpaired) electrons. The zero-order chi connectivity index (χ0) is 22.2. The zero-order valence-corrected chi connectivity index (χ0v) is 18.9. The second-order valence-electron chi connectivity index (χ2n) is 8.20. The summed E-state index contributed by atoms with van der Waals surface area (Å²) in [6, 6.07) is 20.0. The summed E-state index contributed by atoms with van der Waals surface area (Å²) in [5.74, 6) is 2.52. The van der Waals surface area contributed by atoms with Gasteiger partial charge in [0.05, 0.1) is 6.61 Å². The third-order valence-electron chi connectivity index (χ3n) is 5.21. The Bertz CT molecular complexity index is 998. The quantitative estimate of drug-likeness (QED) is 0.371. The highest BCUT2D eigenvalue weighted by Gasteiger charge is 2.11. The van der Waals surface area contributed by atoms with Gasteiger partial charge in [-0.3, -0.25) is 0 Å². The van der Waals surface area contributed by atoms with Crippen LogP contribution in [0.25, 0.3) is 0 Å². The van der Waals surface area contributed by atoms with Gasteiger partial charge in [-0.25, -0.2) is 0 Å². The first-order valence-electron chi connectivity index (χ1n) is 11.0. The summed E-state index contributed by atoms with van der Waals surface area (Å²) < 4.78 is 11.6. The van der Waals surface area contributed by atoms with E-state index in [1.807, 2.05) is 68.4 Å². The lowest BCUT2D eigenvalue weighted by molar-refractivity contribution is 0.301. The van der Waals surface area contributed by atoms with Crippen LogP contribution >= 0.6 is 0 Å². The number of anilines is 2. The Balaban J connectivity index is 1.65. The zero-order valence-electron chi connectivity index (χ0n) is 18.9. The number of ether oxygens (including phenoxy) is 2. The maximum absolute atomic E-state index is 10.6. The van der Waals surface area contributed by atoms with E-state index in [0.29, 0.717) is 30.6 Å². The molecule has 3 rings (SSSR count). The van der Waals surface area contributed by atoms with Crippen LogP contribution in [0.2, 0.25) is 0 Å². The van der Waals surface area contributed by atoms with Crippen LogP contribution in [0, 0.1) is 12.8 Å². The normalized spacial score (nSPS) is 10.9. The van der Waals surface area contributed by atoms with E-state index in [2.05, 4.69) is 25.2 Å². The maximum Gasteiger partial charge on any atom is 0.126 e. The molecule has 0 saturated carbocycles. The maximum atomic E-state index is 10.6. The van der Waals surface area contributed by atoms with Gasteiger partial charge in [0.15, 0.2) is 0 Å². The number of phenolic OH excluding ortho intramolecular Hbond substituents is 1. The van der Waals surface area contributed by atoms with Crippen molar-refractivity contribution >= 4 is 11.4 Å². The molecule has 0 aliphatic rings. The van der Waals surface area contributed by atoms with E-state index in [4.69, 9.17) is 9.47 Å². The van der Waals surface area contributed by atoms with E-state index < -0.39 is 0 Å². The molecule has 0 atom stereocenters. The van der Waals surface area contributed by atoms with Crippen LogP contribution in [0.1, 0.15) is 43.9 Å². The monoisotopic (exact) mass is 419 g/mol. The molecular formula is C27H33NO3. The predicted molar refractivity (Wildman–Crippen MR) is 128 cm³/mol. The second-order valence-corrected chi connectivity index (χ2v) is 8.20. The Morgan fingerprint density at radius 1 is 0.935 bits per heavy atom. The van der Waals surface area contributed by atoms with Gasteiger partial charge in [0, 0.05) is 23.0 Å². The van der Waals surface area contributed by atoms with Gasteiger partial charge in [0.25, 0.3) is 0 Å². The third-order valence-corrected chi connectivity index (χ3v) is 5.21. The summed E-state index contributed by atoms with van der Waals surface area (Å²) >= 11 is 0.